The Hall–Kier alpha value is -1.71. The van der Waals surface area contributed by atoms with Crippen LogP contribution in [0.4, 0.5) is 11.4 Å². The molecule has 1 aliphatic heterocycles. The van der Waals surface area contributed by atoms with Crippen molar-refractivity contribution in [3.63, 3.8) is 0 Å². The zero-order chi connectivity index (χ0) is 15.2. The Morgan fingerprint density at radius 3 is 2.43 bits per heavy atom. The summed E-state index contributed by atoms with van der Waals surface area (Å²) in [5.74, 6) is -1.08. The van der Waals surface area contributed by atoms with Crippen LogP contribution in [0.2, 0.25) is 0 Å². The van der Waals surface area contributed by atoms with Gasteiger partial charge in [-0.05, 0) is 43.5 Å². The molecule has 1 fully saturated rings. The lowest BCUT2D eigenvalue weighted by atomic mass is 10.1. The van der Waals surface area contributed by atoms with Crippen LogP contribution in [0.1, 0.15) is 33.1 Å². The lowest BCUT2D eigenvalue weighted by Gasteiger charge is -2.27. The summed E-state index contributed by atoms with van der Waals surface area (Å²) < 4.78 is 0. The normalized spacial score (nSPS) is 16.0. The van der Waals surface area contributed by atoms with Crippen LogP contribution in [0.15, 0.2) is 24.3 Å². The molecular formula is C17H26N2O2. The van der Waals surface area contributed by atoms with E-state index in [0.29, 0.717) is 6.54 Å². The molecule has 1 saturated heterocycles. The average Bonchev–Trinajstić information content (AvgIpc) is 3.01. The van der Waals surface area contributed by atoms with Crippen molar-refractivity contribution in [2.75, 3.05) is 36.0 Å². The highest BCUT2D eigenvalue weighted by Crippen LogP contribution is 2.24. The molecule has 0 aromatic heterocycles. The largest absolute Gasteiger partial charge is 0.481 e. The van der Waals surface area contributed by atoms with Crippen molar-refractivity contribution in [3.05, 3.63) is 24.3 Å². The van der Waals surface area contributed by atoms with E-state index in [4.69, 9.17) is 5.11 Å². The molecule has 4 nitrogen and oxygen atoms in total. The standard InChI is InChI=1S/C17H26N2O2/c1-3-10-19(13-14(2)17(20)21)16-8-6-15(7-9-16)18-11-4-5-12-18/h6-9,14H,3-5,10-13H2,1-2H3,(H,20,21). The third-order valence-electron chi connectivity index (χ3n) is 4.10. The molecule has 1 N–H and O–H groups in total. The smallest absolute Gasteiger partial charge is 0.308 e. The fraction of sp³-hybridized carbons (Fsp3) is 0.588. The first-order chi connectivity index (χ1) is 10.1. The number of carboxylic acids is 1. The summed E-state index contributed by atoms with van der Waals surface area (Å²) in [4.78, 5) is 15.6. The van der Waals surface area contributed by atoms with Crippen molar-refractivity contribution in [3.8, 4) is 0 Å². The van der Waals surface area contributed by atoms with Gasteiger partial charge in [0.25, 0.3) is 0 Å². The van der Waals surface area contributed by atoms with Crippen molar-refractivity contribution in [2.24, 2.45) is 5.92 Å². The third kappa shape index (κ3) is 4.13. The molecule has 2 rings (SSSR count). The molecule has 1 aromatic carbocycles. The summed E-state index contributed by atoms with van der Waals surface area (Å²) in [5.41, 5.74) is 2.40. The number of hydrogen-bond acceptors (Lipinski definition) is 3. The molecule has 1 heterocycles. The number of anilines is 2. The topological polar surface area (TPSA) is 43.8 Å². The van der Waals surface area contributed by atoms with Crippen molar-refractivity contribution in [2.45, 2.75) is 33.1 Å². The second-order valence-corrected chi connectivity index (χ2v) is 5.90. The van der Waals surface area contributed by atoms with E-state index in [9.17, 15) is 4.79 Å². The number of hydrogen-bond donors (Lipinski definition) is 1. The van der Waals surface area contributed by atoms with Gasteiger partial charge in [0.1, 0.15) is 0 Å². The number of nitrogens with zero attached hydrogens (tertiary/aromatic N) is 2. The van der Waals surface area contributed by atoms with E-state index in [1.807, 2.05) is 0 Å². The number of carboxylic acid groups (broad SMARTS) is 1. The predicted molar refractivity (Wildman–Crippen MR) is 87.2 cm³/mol. The van der Waals surface area contributed by atoms with Crippen LogP contribution in [-0.2, 0) is 4.79 Å². The molecule has 0 radical (unpaired) electrons. The SMILES string of the molecule is CCCN(CC(C)C(=O)O)c1ccc(N2CCCC2)cc1. The highest BCUT2D eigenvalue weighted by molar-refractivity contribution is 5.70. The van der Waals surface area contributed by atoms with Gasteiger partial charge in [-0.15, -0.1) is 0 Å². The predicted octanol–water partition coefficient (Wildman–Crippen LogP) is 3.22. The Balaban J connectivity index is 2.06. The van der Waals surface area contributed by atoms with Crippen LogP contribution in [0.3, 0.4) is 0 Å². The van der Waals surface area contributed by atoms with Gasteiger partial charge < -0.3 is 14.9 Å². The zero-order valence-corrected chi connectivity index (χ0v) is 13.1. The number of aliphatic carboxylic acids is 1. The van der Waals surface area contributed by atoms with Crippen LogP contribution in [-0.4, -0.2) is 37.3 Å². The Labute approximate surface area is 127 Å². The molecule has 0 amide bonds. The molecule has 4 heteroatoms. The van der Waals surface area contributed by atoms with Crippen LogP contribution >= 0.6 is 0 Å². The van der Waals surface area contributed by atoms with E-state index >= 15 is 0 Å². The molecule has 116 valence electrons. The summed E-state index contributed by atoms with van der Waals surface area (Å²) in [5, 5.41) is 9.10. The van der Waals surface area contributed by atoms with E-state index in [0.717, 1.165) is 31.7 Å². The quantitative estimate of drug-likeness (QED) is 0.837. The molecule has 1 atom stereocenters. The van der Waals surface area contributed by atoms with Crippen molar-refractivity contribution < 1.29 is 9.90 Å². The van der Waals surface area contributed by atoms with Gasteiger partial charge in [0.15, 0.2) is 0 Å². The second-order valence-electron chi connectivity index (χ2n) is 5.90. The summed E-state index contributed by atoms with van der Waals surface area (Å²) in [6, 6.07) is 8.57. The minimum Gasteiger partial charge on any atom is -0.481 e. The Morgan fingerprint density at radius 2 is 1.90 bits per heavy atom. The maximum atomic E-state index is 11.1. The van der Waals surface area contributed by atoms with Gasteiger partial charge in [-0.25, -0.2) is 0 Å². The summed E-state index contributed by atoms with van der Waals surface area (Å²) in [6.45, 7) is 7.63. The minimum absolute atomic E-state index is 0.352. The van der Waals surface area contributed by atoms with Gasteiger partial charge in [-0.2, -0.15) is 0 Å². The molecule has 0 aliphatic carbocycles. The number of carbonyl (C=O) groups is 1. The first kappa shape index (κ1) is 15.7. The van der Waals surface area contributed by atoms with Crippen LogP contribution in [0.5, 0.6) is 0 Å². The number of benzene rings is 1. The number of rotatable bonds is 7. The summed E-state index contributed by atoms with van der Waals surface area (Å²) >= 11 is 0. The molecule has 1 aromatic rings. The van der Waals surface area contributed by atoms with E-state index in [2.05, 4.69) is 41.0 Å². The molecule has 1 unspecified atom stereocenters. The van der Waals surface area contributed by atoms with Crippen LogP contribution < -0.4 is 9.80 Å². The van der Waals surface area contributed by atoms with Gasteiger partial charge in [-0.1, -0.05) is 13.8 Å². The zero-order valence-electron chi connectivity index (χ0n) is 13.1. The van der Waals surface area contributed by atoms with E-state index < -0.39 is 5.97 Å². The maximum Gasteiger partial charge on any atom is 0.308 e. The summed E-state index contributed by atoms with van der Waals surface area (Å²) in [6.07, 6.45) is 3.57. The first-order valence-corrected chi connectivity index (χ1v) is 7.94. The lowest BCUT2D eigenvalue weighted by molar-refractivity contribution is -0.140. The minimum atomic E-state index is -0.732. The average molecular weight is 290 g/mol. The highest BCUT2D eigenvalue weighted by Gasteiger charge is 2.17. The Kier molecular flexibility index (Phi) is 5.48. The van der Waals surface area contributed by atoms with Crippen molar-refractivity contribution in [1.29, 1.82) is 0 Å². The van der Waals surface area contributed by atoms with E-state index in [-0.39, 0.29) is 5.92 Å². The van der Waals surface area contributed by atoms with Crippen molar-refractivity contribution >= 4 is 17.3 Å². The molecule has 1 aliphatic rings. The van der Waals surface area contributed by atoms with E-state index in [1.54, 1.807) is 6.92 Å². The van der Waals surface area contributed by atoms with E-state index in [1.165, 1.54) is 18.5 Å². The fourth-order valence-electron chi connectivity index (χ4n) is 2.85. The Bertz CT molecular complexity index is 452. The monoisotopic (exact) mass is 290 g/mol. The maximum absolute atomic E-state index is 11.1. The van der Waals surface area contributed by atoms with Crippen molar-refractivity contribution in [1.82, 2.24) is 0 Å². The first-order valence-electron chi connectivity index (χ1n) is 7.94. The lowest BCUT2D eigenvalue weighted by Crippen LogP contribution is -2.32. The second kappa shape index (κ2) is 7.34. The van der Waals surface area contributed by atoms with Gasteiger partial charge in [0.05, 0.1) is 5.92 Å². The fourth-order valence-corrected chi connectivity index (χ4v) is 2.85. The molecule has 0 spiro atoms. The molecule has 0 saturated carbocycles. The van der Waals surface area contributed by atoms with Crippen LogP contribution in [0.25, 0.3) is 0 Å². The van der Waals surface area contributed by atoms with Gasteiger partial charge in [-0.3, -0.25) is 4.79 Å². The van der Waals surface area contributed by atoms with Gasteiger partial charge in [0.2, 0.25) is 0 Å². The molecular weight excluding hydrogens is 264 g/mol. The highest BCUT2D eigenvalue weighted by atomic mass is 16.4. The third-order valence-corrected chi connectivity index (χ3v) is 4.10. The molecule has 0 bridgehead atoms. The summed E-state index contributed by atoms with van der Waals surface area (Å²) in [7, 11) is 0. The van der Waals surface area contributed by atoms with Gasteiger partial charge >= 0.3 is 5.97 Å². The Morgan fingerprint density at radius 1 is 1.29 bits per heavy atom. The van der Waals surface area contributed by atoms with Crippen LogP contribution in [0, 0.1) is 5.92 Å². The van der Waals surface area contributed by atoms with Gasteiger partial charge in [0, 0.05) is 37.6 Å². The molecule has 21 heavy (non-hydrogen) atoms.